The van der Waals surface area contributed by atoms with Crippen LogP contribution in [0.1, 0.15) is 33.5 Å². The molecule has 0 fully saturated rings. The van der Waals surface area contributed by atoms with Crippen LogP contribution in [0.3, 0.4) is 0 Å². The lowest BCUT2D eigenvalue weighted by Crippen LogP contribution is -2.27. The van der Waals surface area contributed by atoms with Crippen LogP contribution in [0.15, 0.2) is 34.9 Å². The Hall–Kier alpha value is -2.54. The second-order valence-corrected chi connectivity index (χ2v) is 7.64. The molecule has 0 aliphatic rings. The molecule has 0 saturated carbocycles. The fourth-order valence-electron chi connectivity index (χ4n) is 2.08. The molecule has 0 atom stereocenters. The van der Waals surface area contributed by atoms with Crippen molar-refractivity contribution in [2.75, 3.05) is 5.32 Å². The van der Waals surface area contributed by atoms with Crippen molar-refractivity contribution in [2.24, 2.45) is 5.41 Å². The van der Waals surface area contributed by atoms with Gasteiger partial charge in [0.1, 0.15) is 4.88 Å². The van der Waals surface area contributed by atoms with Crippen LogP contribution >= 0.6 is 11.3 Å². The molecule has 1 amide bonds. The van der Waals surface area contributed by atoms with E-state index in [1.165, 1.54) is 11.3 Å². The Balaban J connectivity index is 2.04. The molecule has 7 heteroatoms. The number of hydrogen-bond donors (Lipinski definition) is 1. The van der Waals surface area contributed by atoms with Gasteiger partial charge in [-0.2, -0.15) is 4.98 Å². The summed E-state index contributed by atoms with van der Waals surface area (Å²) in [4.78, 5) is 22.0. The summed E-state index contributed by atoms with van der Waals surface area (Å²) >= 11 is 1.34. The van der Waals surface area contributed by atoms with Gasteiger partial charge in [-0.25, -0.2) is 4.98 Å². The molecule has 2 heterocycles. The lowest BCUT2D eigenvalue weighted by atomic mass is 9.96. The van der Waals surface area contributed by atoms with Gasteiger partial charge in [0.25, 0.3) is 5.89 Å². The Bertz CT molecular complexity index is 878. The van der Waals surface area contributed by atoms with Gasteiger partial charge in [-0.1, -0.05) is 74.5 Å². The lowest BCUT2D eigenvalue weighted by molar-refractivity contribution is -0.123. The number of hydrogen-bond acceptors (Lipinski definition) is 6. The van der Waals surface area contributed by atoms with Crippen molar-refractivity contribution in [2.45, 2.75) is 34.1 Å². The molecule has 0 aliphatic carbocycles. The highest BCUT2D eigenvalue weighted by atomic mass is 32.1. The van der Waals surface area contributed by atoms with E-state index in [-0.39, 0.29) is 5.91 Å². The Morgan fingerprint density at radius 3 is 2.52 bits per heavy atom. The molecule has 130 valence electrons. The third-order valence-corrected chi connectivity index (χ3v) is 4.51. The van der Waals surface area contributed by atoms with Crippen molar-refractivity contribution >= 4 is 22.4 Å². The Kier molecular flexibility index (Phi) is 4.67. The molecule has 0 bridgehead atoms. The number of carbonyl (C=O) groups excluding carboxylic acids is 1. The third-order valence-electron chi connectivity index (χ3n) is 3.55. The Morgan fingerprint density at radius 2 is 1.92 bits per heavy atom. The molecule has 0 aliphatic heterocycles. The van der Waals surface area contributed by atoms with Crippen molar-refractivity contribution in [3.05, 3.63) is 36.2 Å². The molecule has 3 aromatic rings. The summed E-state index contributed by atoms with van der Waals surface area (Å²) in [6.07, 6.45) is 0.691. The van der Waals surface area contributed by atoms with Gasteiger partial charge in [0.2, 0.25) is 5.91 Å². The highest BCUT2D eigenvalue weighted by molar-refractivity contribution is 7.19. The minimum Gasteiger partial charge on any atom is -0.333 e. The van der Waals surface area contributed by atoms with E-state index in [0.29, 0.717) is 23.3 Å². The zero-order valence-electron chi connectivity index (χ0n) is 14.7. The van der Waals surface area contributed by atoms with Crippen LogP contribution in [0.4, 0.5) is 5.13 Å². The van der Waals surface area contributed by atoms with Gasteiger partial charge in [0.05, 0.1) is 5.69 Å². The zero-order chi connectivity index (χ0) is 18.0. The van der Waals surface area contributed by atoms with E-state index in [9.17, 15) is 4.79 Å². The molecule has 0 spiro atoms. The Labute approximate surface area is 150 Å². The minimum atomic E-state index is -0.501. The molecule has 0 radical (unpaired) electrons. The molecular formula is C18H20N4O2S. The van der Waals surface area contributed by atoms with E-state index in [1.807, 2.05) is 58.0 Å². The number of nitrogens with one attached hydrogen (secondary N) is 1. The van der Waals surface area contributed by atoms with Gasteiger partial charge >= 0.3 is 0 Å². The molecule has 1 aromatic carbocycles. The summed E-state index contributed by atoms with van der Waals surface area (Å²) in [5.41, 5.74) is 1.15. The summed E-state index contributed by atoms with van der Waals surface area (Å²) in [5.74, 6) is 0.972. The predicted molar refractivity (Wildman–Crippen MR) is 98.3 cm³/mol. The smallest absolute Gasteiger partial charge is 0.270 e. The molecule has 2 aromatic heterocycles. The molecule has 6 nitrogen and oxygen atoms in total. The summed E-state index contributed by atoms with van der Waals surface area (Å²) in [6.45, 7) is 7.55. The van der Waals surface area contributed by atoms with Gasteiger partial charge in [0, 0.05) is 17.4 Å². The number of benzene rings is 1. The predicted octanol–water partition coefficient (Wildman–Crippen LogP) is 4.41. The first kappa shape index (κ1) is 17.3. The normalized spacial score (nSPS) is 11.5. The minimum absolute atomic E-state index is 0.0906. The van der Waals surface area contributed by atoms with Gasteiger partial charge in [-0.15, -0.1) is 0 Å². The van der Waals surface area contributed by atoms with E-state index in [1.54, 1.807) is 0 Å². The molecule has 0 saturated heterocycles. The van der Waals surface area contributed by atoms with Crippen molar-refractivity contribution in [3.63, 3.8) is 0 Å². The van der Waals surface area contributed by atoms with E-state index < -0.39 is 5.41 Å². The van der Waals surface area contributed by atoms with Crippen LogP contribution in [-0.4, -0.2) is 21.0 Å². The van der Waals surface area contributed by atoms with Gasteiger partial charge in [-0.3, -0.25) is 4.79 Å². The van der Waals surface area contributed by atoms with Crippen molar-refractivity contribution in [1.82, 2.24) is 15.1 Å². The quantitative estimate of drug-likeness (QED) is 0.749. The number of thiazole rings is 1. The standard InChI is InChI=1S/C18H20N4O2S/c1-5-12-19-15(24-22-12)14-13(11-9-7-6-8-10-11)20-17(25-14)21-16(23)18(2,3)4/h6-10H,5H2,1-4H3,(H,20,21,23). The average Bonchev–Trinajstić information content (AvgIpc) is 3.21. The average molecular weight is 356 g/mol. The van der Waals surface area contributed by atoms with Crippen LogP contribution in [0, 0.1) is 5.41 Å². The highest BCUT2D eigenvalue weighted by Crippen LogP contribution is 2.38. The molecule has 1 N–H and O–H groups in total. The fourth-order valence-corrected chi connectivity index (χ4v) is 2.99. The first-order valence-corrected chi connectivity index (χ1v) is 8.90. The Morgan fingerprint density at radius 1 is 1.20 bits per heavy atom. The maximum atomic E-state index is 12.3. The molecular weight excluding hydrogens is 336 g/mol. The number of aromatic nitrogens is 3. The SMILES string of the molecule is CCc1noc(-c2sc(NC(=O)C(C)(C)C)nc2-c2ccccc2)n1. The molecule has 25 heavy (non-hydrogen) atoms. The van der Waals surface area contributed by atoms with Crippen LogP contribution < -0.4 is 5.32 Å². The van der Waals surface area contributed by atoms with Gasteiger partial charge in [0.15, 0.2) is 11.0 Å². The number of nitrogens with zero attached hydrogens (tertiary/aromatic N) is 3. The third kappa shape index (κ3) is 3.76. The van der Waals surface area contributed by atoms with E-state index in [0.717, 1.165) is 16.1 Å². The molecule has 3 rings (SSSR count). The first-order valence-electron chi connectivity index (χ1n) is 8.09. The summed E-state index contributed by atoms with van der Waals surface area (Å²) in [6, 6.07) is 9.75. The maximum absolute atomic E-state index is 12.3. The van der Waals surface area contributed by atoms with Gasteiger partial charge in [-0.05, 0) is 0 Å². The highest BCUT2D eigenvalue weighted by Gasteiger charge is 2.25. The van der Waals surface area contributed by atoms with Crippen molar-refractivity contribution < 1.29 is 9.32 Å². The first-order chi connectivity index (χ1) is 11.9. The van der Waals surface area contributed by atoms with Crippen LogP contribution in [0.5, 0.6) is 0 Å². The number of anilines is 1. The molecule has 0 unspecified atom stereocenters. The van der Waals surface area contributed by atoms with Crippen molar-refractivity contribution in [1.29, 1.82) is 0 Å². The zero-order valence-corrected chi connectivity index (χ0v) is 15.5. The summed E-state index contributed by atoms with van der Waals surface area (Å²) < 4.78 is 5.39. The lowest BCUT2D eigenvalue weighted by Gasteiger charge is -2.15. The second-order valence-electron chi connectivity index (χ2n) is 6.64. The summed E-state index contributed by atoms with van der Waals surface area (Å²) in [5, 5.41) is 7.36. The fraction of sp³-hybridized carbons (Fsp3) is 0.333. The van der Waals surface area contributed by atoms with Crippen LogP contribution in [0.25, 0.3) is 22.0 Å². The summed E-state index contributed by atoms with van der Waals surface area (Å²) in [7, 11) is 0. The number of amides is 1. The van der Waals surface area contributed by atoms with Gasteiger partial charge < -0.3 is 9.84 Å². The topological polar surface area (TPSA) is 80.9 Å². The monoisotopic (exact) mass is 356 g/mol. The number of aryl methyl sites for hydroxylation is 1. The van der Waals surface area contributed by atoms with E-state index >= 15 is 0 Å². The van der Waals surface area contributed by atoms with Crippen LogP contribution in [0.2, 0.25) is 0 Å². The van der Waals surface area contributed by atoms with Crippen molar-refractivity contribution in [3.8, 4) is 22.0 Å². The van der Waals surface area contributed by atoms with E-state index in [4.69, 9.17) is 4.52 Å². The second kappa shape index (κ2) is 6.76. The van der Waals surface area contributed by atoms with E-state index in [2.05, 4.69) is 20.4 Å². The number of carbonyl (C=O) groups is 1. The van der Waals surface area contributed by atoms with Crippen LogP contribution in [-0.2, 0) is 11.2 Å². The maximum Gasteiger partial charge on any atom is 0.270 e. The number of rotatable bonds is 4. The largest absolute Gasteiger partial charge is 0.333 e.